The fourth-order valence-corrected chi connectivity index (χ4v) is 5.50. The van der Waals surface area contributed by atoms with Gasteiger partial charge in [0.25, 0.3) is 5.91 Å². The van der Waals surface area contributed by atoms with E-state index in [9.17, 15) is 13.2 Å². The molecule has 0 bridgehead atoms. The molecule has 0 aromatic heterocycles. The van der Waals surface area contributed by atoms with Gasteiger partial charge in [-0.15, -0.1) is 0 Å². The number of ether oxygens (including phenoxy) is 2. The van der Waals surface area contributed by atoms with Gasteiger partial charge in [0.15, 0.2) is 11.5 Å². The number of benzene rings is 2. The number of nitrogens with one attached hydrogen (secondary N) is 1. The number of sulfonamides is 1. The Morgan fingerprint density at radius 1 is 1.00 bits per heavy atom. The zero-order chi connectivity index (χ0) is 23.3. The van der Waals surface area contributed by atoms with Gasteiger partial charge in [-0.1, -0.05) is 30.5 Å². The first-order chi connectivity index (χ1) is 15.3. The summed E-state index contributed by atoms with van der Waals surface area (Å²) in [6.45, 7) is 2.80. The summed E-state index contributed by atoms with van der Waals surface area (Å²) in [7, 11) is -0.596. The third kappa shape index (κ3) is 5.36. The third-order valence-corrected chi connectivity index (χ3v) is 7.86. The summed E-state index contributed by atoms with van der Waals surface area (Å²) in [5.41, 5.74) is 0.926. The normalized spacial score (nSPS) is 16.1. The average molecular weight is 481 g/mol. The SMILES string of the molecule is COc1ccc([C@H](C)NC(=O)c2cc(S(=O)(=O)N3CCCCCC3)ccc2Cl)cc1OC. The molecule has 0 radical (unpaired) electrons. The largest absolute Gasteiger partial charge is 0.493 e. The molecule has 1 fully saturated rings. The summed E-state index contributed by atoms with van der Waals surface area (Å²) in [6, 6.07) is 9.28. The van der Waals surface area contributed by atoms with E-state index in [1.807, 2.05) is 13.0 Å². The van der Waals surface area contributed by atoms with E-state index >= 15 is 0 Å². The van der Waals surface area contributed by atoms with Crippen LogP contribution in [0.15, 0.2) is 41.3 Å². The van der Waals surface area contributed by atoms with Crippen molar-refractivity contribution < 1.29 is 22.7 Å². The summed E-state index contributed by atoms with van der Waals surface area (Å²) in [6.07, 6.45) is 3.72. The van der Waals surface area contributed by atoms with Gasteiger partial charge in [0.05, 0.1) is 35.7 Å². The first-order valence-corrected chi connectivity index (χ1v) is 12.4. The van der Waals surface area contributed by atoms with E-state index in [0.29, 0.717) is 24.6 Å². The molecule has 0 saturated carbocycles. The fraction of sp³-hybridized carbons (Fsp3) is 0.435. The van der Waals surface area contributed by atoms with Gasteiger partial charge in [-0.2, -0.15) is 4.31 Å². The molecule has 2 aromatic carbocycles. The Bertz CT molecular complexity index is 1070. The monoisotopic (exact) mass is 480 g/mol. The average Bonchev–Trinajstić information content (AvgIpc) is 3.08. The zero-order valence-electron chi connectivity index (χ0n) is 18.6. The van der Waals surface area contributed by atoms with Gasteiger partial charge in [0.2, 0.25) is 10.0 Å². The highest BCUT2D eigenvalue weighted by atomic mass is 35.5. The van der Waals surface area contributed by atoms with E-state index in [2.05, 4.69) is 5.32 Å². The van der Waals surface area contributed by atoms with Crippen molar-refractivity contribution >= 4 is 27.5 Å². The summed E-state index contributed by atoms with van der Waals surface area (Å²) in [5, 5.41) is 3.07. The Balaban J connectivity index is 1.82. The van der Waals surface area contributed by atoms with Crippen LogP contribution >= 0.6 is 11.6 Å². The van der Waals surface area contributed by atoms with Crippen LogP contribution in [0.2, 0.25) is 5.02 Å². The molecule has 1 saturated heterocycles. The second-order valence-corrected chi connectivity index (χ2v) is 10.1. The molecule has 0 aliphatic carbocycles. The second-order valence-electron chi connectivity index (χ2n) is 7.77. The maximum atomic E-state index is 13.1. The maximum Gasteiger partial charge on any atom is 0.253 e. The zero-order valence-corrected chi connectivity index (χ0v) is 20.1. The van der Waals surface area contributed by atoms with Crippen LogP contribution < -0.4 is 14.8 Å². The molecule has 1 aliphatic heterocycles. The molecular weight excluding hydrogens is 452 g/mol. The number of carbonyl (C=O) groups excluding carboxylic acids is 1. The second kappa shape index (κ2) is 10.6. The molecule has 9 heteroatoms. The number of rotatable bonds is 7. The van der Waals surface area contributed by atoms with Gasteiger partial charge in [0, 0.05) is 13.1 Å². The molecule has 174 valence electrons. The lowest BCUT2D eigenvalue weighted by molar-refractivity contribution is 0.0939. The summed E-state index contributed by atoms with van der Waals surface area (Å²) < 4.78 is 38.3. The summed E-state index contributed by atoms with van der Waals surface area (Å²) in [4.78, 5) is 13.1. The molecule has 1 aliphatic rings. The number of hydrogen-bond donors (Lipinski definition) is 1. The number of nitrogens with zero attached hydrogens (tertiary/aromatic N) is 1. The Morgan fingerprint density at radius 3 is 2.28 bits per heavy atom. The molecule has 2 aromatic rings. The summed E-state index contributed by atoms with van der Waals surface area (Å²) >= 11 is 6.26. The van der Waals surface area contributed by atoms with Gasteiger partial charge in [-0.05, 0) is 55.7 Å². The van der Waals surface area contributed by atoms with E-state index in [0.717, 1.165) is 31.2 Å². The van der Waals surface area contributed by atoms with E-state index in [1.54, 1.807) is 26.4 Å². The van der Waals surface area contributed by atoms with Crippen LogP contribution in [0.1, 0.15) is 54.6 Å². The molecule has 0 spiro atoms. The predicted octanol–water partition coefficient (Wildman–Crippen LogP) is 4.41. The standard InChI is InChI=1S/C23H29ClN2O5S/c1-16(17-8-11-21(30-2)22(14-17)31-3)25-23(27)19-15-18(9-10-20(19)24)32(28,29)26-12-6-4-5-7-13-26/h8-11,14-16H,4-7,12-13H2,1-3H3,(H,25,27)/t16-/m0/s1. The van der Waals surface area contributed by atoms with Crippen LogP contribution in [0, 0.1) is 0 Å². The van der Waals surface area contributed by atoms with Crippen molar-refractivity contribution in [1.29, 1.82) is 0 Å². The molecular formula is C23H29ClN2O5S. The number of amides is 1. The van der Waals surface area contributed by atoms with Crippen molar-refractivity contribution in [3.8, 4) is 11.5 Å². The quantitative estimate of drug-likeness (QED) is 0.634. The fourth-order valence-electron chi connectivity index (χ4n) is 3.75. The van der Waals surface area contributed by atoms with E-state index in [1.165, 1.54) is 22.5 Å². The minimum absolute atomic E-state index is 0.0766. The van der Waals surface area contributed by atoms with Crippen molar-refractivity contribution in [2.24, 2.45) is 0 Å². The van der Waals surface area contributed by atoms with Crippen LogP contribution in [0.4, 0.5) is 0 Å². The molecule has 1 amide bonds. The highest BCUT2D eigenvalue weighted by Crippen LogP contribution is 2.30. The predicted molar refractivity (Wildman–Crippen MR) is 124 cm³/mol. The van der Waals surface area contributed by atoms with Crippen molar-refractivity contribution in [3.63, 3.8) is 0 Å². The Morgan fingerprint density at radius 2 is 1.66 bits per heavy atom. The van der Waals surface area contributed by atoms with Gasteiger partial charge >= 0.3 is 0 Å². The van der Waals surface area contributed by atoms with Crippen LogP contribution in [0.25, 0.3) is 0 Å². The van der Waals surface area contributed by atoms with Crippen LogP contribution in [-0.4, -0.2) is 45.9 Å². The molecule has 3 rings (SSSR count). The van der Waals surface area contributed by atoms with Gasteiger partial charge in [0.1, 0.15) is 0 Å². The van der Waals surface area contributed by atoms with Crippen LogP contribution in [0.5, 0.6) is 11.5 Å². The summed E-state index contributed by atoms with van der Waals surface area (Å²) in [5.74, 6) is 0.684. The number of hydrogen-bond acceptors (Lipinski definition) is 5. The molecule has 1 N–H and O–H groups in total. The molecule has 1 atom stereocenters. The lowest BCUT2D eigenvalue weighted by Crippen LogP contribution is -2.32. The van der Waals surface area contributed by atoms with Crippen molar-refractivity contribution in [2.45, 2.75) is 43.5 Å². The van der Waals surface area contributed by atoms with Crippen molar-refractivity contribution in [3.05, 3.63) is 52.5 Å². The highest BCUT2D eigenvalue weighted by molar-refractivity contribution is 7.89. The minimum Gasteiger partial charge on any atom is -0.493 e. The Labute approximate surface area is 194 Å². The first-order valence-electron chi connectivity index (χ1n) is 10.6. The number of carbonyl (C=O) groups is 1. The molecule has 7 nitrogen and oxygen atoms in total. The number of halogens is 1. The smallest absolute Gasteiger partial charge is 0.253 e. The van der Waals surface area contributed by atoms with Crippen molar-refractivity contribution in [2.75, 3.05) is 27.3 Å². The van der Waals surface area contributed by atoms with Gasteiger partial charge in [-0.3, -0.25) is 4.79 Å². The lowest BCUT2D eigenvalue weighted by atomic mass is 10.1. The van der Waals surface area contributed by atoms with E-state index in [-0.39, 0.29) is 21.5 Å². The molecule has 0 unspecified atom stereocenters. The maximum absolute atomic E-state index is 13.1. The third-order valence-electron chi connectivity index (χ3n) is 5.64. The van der Waals surface area contributed by atoms with Gasteiger partial charge in [-0.25, -0.2) is 8.42 Å². The Kier molecular flexibility index (Phi) is 8.03. The van der Waals surface area contributed by atoms with Crippen molar-refractivity contribution in [1.82, 2.24) is 9.62 Å². The van der Waals surface area contributed by atoms with Crippen LogP contribution in [-0.2, 0) is 10.0 Å². The Hall–Kier alpha value is -2.29. The molecule has 1 heterocycles. The number of methoxy groups -OCH3 is 2. The first kappa shape index (κ1) is 24.4. The van der Waals surface area contributed by atoms with E-state index in [4.69, 9.17) is 21.1 Å². The van der Waals surface area contributed by atoms with E-state index < -0.39 is 15.9 Å². The van der Waals surface area contributed by atoms with Gasteiger partial charge < -0.3 is 14.8 Å². The minimum atomic E-state index is -3.69. The highest BCUT2D eigenvalue weighted by Gasteiger charge is 2.27. The topological polar surface area (TPSA) is 84.9 Å². The lowest BCUT2D eigenvalue weighted by Gasteiger charge is -2.21. The van der Waals surface area contributed by atoms with Crippen LogP contribution in [0.3, 0.4) is 0 Å². The molecule has 32 heavy (non-hydrogen) atoms.